The number of nitrogens with one attached hydrogen (secondary N) is 1. The van der Waals surface area contributed by atoms with Gasteiger partial charge in [-0.3, -0.25) is 9.59 Å². The first-order chi connectivity index (χ1) is 13.5. The van der Waals surface area contributed by atoms with E-state index in [1.807, 2.05) is 35.9 Å². The van der Waals surface area contributed by atoms with Crippen molar-refractivity contribution < 1.29 is 19.1 Å². The summed E-state index contributed by atoms with van der Waals surface area (Å²) in [5.41, 5.74) is 2.79. The number of pyridine rings is 1. The Morgan fingerprint density at radius 1 is 1.21 bits per heavy atom. The number of hydrogen-bond donors (Lipinski definition) is 1. The molecule has 1 N–H and O–H groups in total. The molecule has 0 unspecified atom stereocenters. The van der Waals surface area contributed by atoms with Crippen LogP contribution in [-0.4, -0.2) is 58.2 Å². The molecule has 2 aliphatic rings. The molecule has 150 valence electrons. The third-order valence-corrected chi connectivity index (χ3v) is 5.39. The smallest absolute Gasteiger partial charge is 0.223 e. The van der Waals surface area contributed by atoms with Gasteiger partial charge in [-0.2, -0.15) is 0 Å². The molecule has 0 atom stereocenters. The second-order valence-corrected chi connectivity index (χ2v) is 7.47. The van der Waals surface area contributed by atoms with Gasteiger partial charge in [0.2, 0.25) is 11.8 Å². The maximum absolute atomic E-state index is 12.4. The highest BCUT2D eigenvalue weighted by Crippen LogP contribution is 2.31. The Kier molecular flexibility index (Phi) is 5.32. The summed E-state index contributed by atoms with van der Waals surface area (Å²) in [6.07, 6.45) is 5.63. The first-order valence-corrected chi connectivity index (χ1v) is 9.80. The molecular weight excluding hydrogens is 360 g/mol. The zero-order valence-electron chi connectivity index (χ0n) is 16.1. The SMILES string of the molecule is Cc1ccn2cc(CNC(=O)CCC(=O)N3CCC4(CC3)OCCO4)nc2c1. The number of hydrogen-bond acceptors (Lipinski definition) is 5. The fourth-order valence-electron chi connectivity index (χ4n) is 3.76. The minimum Gasteiger partial charge on any atom is -0.350 e. The lowest BCUT2D eigenvalue weighted by Gasteiger charge is -2.37. The van der Waals surface area contributed by atoms with Crippen LogP contribution in [-0.2, 0) is 25.6 Å². The second-order valence-electron chi connectivity index (χ2n) is 7.47. The Morgan fingerprint density at radius 3 is 2.71 bits per heavy atom. The quantitative estimate of drug-likeness (QED) is 0.840. The number of aryl methyl sites for hydroxylation is 1. The lowest BCUT2D eigenvalue weighted by Crippen LogP contribution is -2.47. The predicted octanol–water partition coefficient (Wildman–Crippen LogP) is 1.40. The van der Waals surface area contributed by atoms with Gasteiger partial charge in [-0.25, -0.2) is 4.98 Å². The maximum atomic E-state index is 12.4. The molecule has 4 rings (SSSR count). The van der Waals surface area contributed by atoms with Crippen molar-refractivity contribution in [2.75, 3.05) is 26.3 Å². The van der Waals surface area contributed by atoms with E-state index in [-0.39, 0.29) is 24.7 Å². The van der Waals surface area contributed by atoms with Gasteiger partial charge in [0, 0.05) is 51.2 Å². The van der Waals surface area contributed by atoms with Crippen LogP contribution < -0.4 is 5.32 Å². The third-order valence-electron chi connectivity index (χ3n) is 5.39. The largest absolute Gasteiger partial charge is 0.350 e. The number of fused-ring (bicyclic) bond motifs is 1. The van der Waals surface area contributed by atoms with E-state index in [1.165, 1.54) is 0 Å². The minimum atomic E-state index is -0.485. The second kappa shape index (κ2) is 7.89. The molecule has 2 aromatic heterocycles. The lowest BCUT2D eigenvalue weighted by molar-refractivity contribution is -0.187. The van der Waals surface area contributed by atoms with Crippen molar-refractivity contribution in [1.82, 2.24) is 19.6 Å². The van der Waals surface area contributed by atoms with Crippen LogP contribution in [0.25, 0.3) is 5.65 Å². The topological polar surface area (TPSA) is 85.2 Å². The molecule has 0 aliphatic carbocycles. The summed E-state index contributed by atoms with van der Waals surface area (Å²) in [7, 11) is 0. The highest BCUT2D eigenvalue weighted by molar-refractivity contribution is 5.83. The Bertz CT molecular complexity index is 862. The van der Waals surface area contributed by atoms with Crippen molar-refractivity contribution in [2.45, 2.75) is 44.9 Å². The highest BCUT2D eigenvalue weighted by Gasteiger charge is 2.40. The van der Waals surface area contributed by atoms with Crippen molar-refractivity contribution in [2.24, 2.45) is 0 Å². The zero-order valence-corrected chi connectivity index (χ0v) is 16.1. The molecule has 28 heavy (non-hydrogen) atoms. The number of amides is 2. The Labute approximate surface area is 163 Å². The fourth-order valence-corrected chi connectivity index (χ4v) is 3.76. The molecule has 0 bridgehead atoms. The molecule has 0 aromatic carbocycles. The fraction of sp³-hybridized carbons (Fsp3) is 0.550. The number of aromatic nitrogens is 2. The van der Waals surface area contributed by atoms with Gasteiger partial charge in [0.25, 0.3) is 0 Å². The van der Waals surface area contributed by atoms with E-state index in [4.69, 9.17) is 9.47 Å². The predicted molar refractivity (Wildman–Crippen MR) is 101 cm³/mol. The number of nitrogens with zero attached hydrogens (tertiary/aromatic N) is 3. The van der Waals surface area contributed by atoms with Gasteiger partial charge >= 0.3 is 0 Å². The van der Waals surface area contributed by atoms with E-state index >= 15 is 0 Å². The number of likely N-dealkylation sites (tertiary alicyclic amines) is 1. The van der Waals surface area contributed by atoms with Gasteiger partial charge in [0.1, 0.15) is 5.65 Å². The number of rotatable bonds is 5. The standard InChI is InChI=1S/C20H26N4O4/c1-15-4-7-24-14-16(22-17(24)12-15)13-21-18(25)2-3-19(26)23-8-5-20(6-9-23)27-10-11-28-20/h4,7,12,14H,2-3,5-6,8-11,13H2,1H3,(H,21,25). The number of piperidine rings is 1. The van der Waals surface area contributed by atoms with Gasteiger partial charge in [-0.1, -0.05) is 0 Å². The summed E-state index contributed by atoms with van der Waals surface area (Å²) in [6.45, 7) is 4.85. The number of ether oxygens (including phenoxy) is 2. The molecule has 2 amide bonds. The molecule has 2 aliphatic heterocycles. The molecule has 1 spiro atoms. The summed E-state index contributed by atoms with van der Waals surface area (Å²) < 4.78 is 13.3. The van der Waals surface area contributed by atoms with Crippen molar-refractivity contribution in [3.05, 3.63) is 35.8 Å². The number of carbonyl (C=O) groups excluding carboxylic acids is 2. The molecule has 4 heterocycles. The molecule has 8 nitrogen and oxygen atoms in total. The summed E-state index contributed by atoms with van der Waals surface area (Å²) in [4.78, 5) is 30.8. The van der Waals surface area contributed by atoms with Crippen LogP contribution >= 0.6 is 0 Å². The van der Waals surface area contributed by atoms with Crippen LogP contribution in [0.4, 0.5) is 0 Å². The molecule has 8 heteroatoms. The van der Waals surface area contributed by atoms with E-state index in [0.717, 1.165) is 16.9 Å². The van der Waals surface area contributed by atoms with Crippen LogP contribution in [0.5, 0.6) is 0 Å². The molecular formula is C20H26N4O4. The number of carbonyl (C=O) groups is 2. The Hall–Kier alpha value is -2.45. The van der Waals surface area contributed by atoms with Crippen LogP contribution in [0.15, 0.2) is 24.5 Å². The summed E-state index contributed by atoms with van der Waals surface area (Å²) in [5.74, 6) is -0.621. The van der Waals surface area contributed by atoms with Crippen LogP contribution in [0.1, 0.15) is 36.9 Å². The van der Waals surface area contributed by atoms with Gasteiger partial charge in [-0.05, 0) is 24.6 Å². The summed E-state index contributed by atoms with van der Waals surface area (Å²) in [5, 5.41) is 2.85. The molecule has 2 fully saturated rings. The molecule has 2 saturated heterocycles. The first-order valence-electron chi connectivity index (χ1n) is 9.80. The monoisotopic (exact) mass is 386 g/mol. The van der Waals surface area contributed by atoms with Gasteiger partial charge in [-0.15, -0.1) is 0 Å². The lowest BCUT2D eigenvalue weighted by atomic mass is 10.0. The average molecular weight is 386 g/mol. The van der Waals surface area contributed by atoms with Gasteiger partial charge in [0.05, 0.1) is 25.5 Å². The van der Waals surface area contributed by atoms with E-state index in [2.05, 4.69) is 10.3 Å². The first kappa shape index (κ1) is 18.9. The van der Waals surface area contributed by atoms with E-state index < -0.39 is 5.79 Å². The Morgan fingerprint density at radius 2 is 1.96 bits per heavy atom. The van der Waals surface area contributed by atoms with E-state index in [0.29, 0.717) is 45.7 Å². The highest BCUT2D eigenvalue weighted by atomic mass is 16.7. The Balaban J connectivity index is 1.20. The van der Waals surface area contributed by atoms with Crippen LogP contribution in [0, 0.1) is 6.92 Å². The van der Waals surface area contributed by atoms with Crippen molar-refractivity contribution in [3.63, 3.8) is 0 Å². The zero-order chi connectivity index (χ0) is 19.6. The molecule has 0 radical (unpaired) electrons. The third kappa shape index (κ3) is 4.18. The minimum absolute atomic E-state index is 0.00574. The summed E-state index contributed by atoms with van der Waals surface area (Å²) >= 11 is 0. The van der Waals surface area contributed by atoms with Crippen molar-refractivity contribution >= 4 is 17.5 Å². The van der Waals surface area contributed by atoms with Crippen LogP contribution in [0.2, 0.25) is 0 Å². The van der Waals surface area contributed by atoms with Crippen molar-refractivity contribution in [1.29, 1.82) is 0 Å². The molecule has 0 saturated carbocycles. The number of imidazole rings is 1. The normalized spacial score (nSPS) is 18.7. The van der Waals surface area contributed by atoms with E-state index in [9.17, 15) is 9.59 Å². The van der Waals surface area contributed by atoms with Gasteiger partial charge < -0.3 is 24.1 Å². The van der Waals surface area contributed by atoms with E-state index in [1.54, 1.807) is 4.90 Å². The van der Waals surface area contributed by atoms with Crippen LogP contribution in [0.3, 0.4) is 0 Å². The average Bonchev–Trinajstić information content (AvgIpc) is 3.31. The van der Waals surface area contributed by atoms with Crippen molar-refractivity contribution in [3.8, 4) is 0 Å². The molecule has 2 aromatic rings. The summed E-state index contributed by atoms with van der Waals surface area (Å²) in [6, 6.07) is 4.00. The van der Waals surface area contributed by atoms with Gasteiger partial charge in [0.15, 0.2) is 5.79 Å². The maximum Gasteiger partial charge on any atom is 0.223 e.